The van der Waals surface area contributed by atoms with Crippen LogP contribution in [-0.4, -0.2) is 52.1 Å². The molecule has 0 saturated carbocycles. The molecule has 5 nitrogen and oxygen atoms in total. The molecule has 0 amide bonds. The lowest BCUT2D eigenvalue weighted by Gasteiger charge is -2.44. The first-order valence-electron chi connectivity index (χ1n) is 10.8. The Morgan fingerprint density at radius 1 is 0.968 bits per heavy atom. The quantitative estimate of drug-likeness (QED) is 0.567. The minimum atomic E-state index is -0.116. The minimum absolute atomic E-state index is 0. The van der Waals surface area contributed by atoms with Gasteiger partial charge in [0, 0.05) is 56.3 Å². The second-order valence-electron chi connectivity index (χ2n) is 8.81. The lowest BCUT2D eigenvalue weighted by molar-refractivity contribution is 0.0479. The van der Waals surface area contributed by atoms with Crippen molar-refractivity contribution >= 4 is 17.0 Å². The number of piperazine rings is 1. The number of rotatable bonds is 6. The summed E-state index contributed by atoms with van der Waals surface area (Å²) in [6, 6.07) is 19.2. The molecule has 0 bridgehead atoms. The van der Waals surface area contributed by atoms with E-state index in [1.54, 1.807) is 0 Å². The van der Waals surface area contributed by atoms with Crippen LogP contribution in [0.25, 0.3) is 5.69 Å². The SMILES string of the molecule is Br.Cc1ccc(-n2ccnc2C(N)CN2CCN(C(C)(C)c3ccccc3)CC2)cc1. The summed E-state index contributed by atoms with van der Waals surface area (Å²) >= 11 is 0. The minimum Gasteiger partial charge on any atom is -0.320 e. The number of halogens is 1. The summed E-state index contributed by atoms with van der Waals surface area (Å²) in [5.41, 5.74) is 10.4. The van der Waals surface area contributed by atoms with E-state index >= 15 is 0 Å². The Bertz CT molecular complexity index is 944. The predicted molar refractivity (Wildman–Crippen MR) is 133 cm³/mol. The van der Waals surface area contributed by atoms with Crippen LogP contribution in [-0.2, 0) is 5.54 Å². The Balaban J connectivity index is 0.00000272. The van der Waals surface area contributed by atoms with Gasteiger partial charge in [-0.05, 0) is 38.5 Å². The Kier molecular flexibility index (Phi) is 7.70. The molecular formula is C25H34BrN5. The fourth-order valence-electron chi connectivity index (χ4n) is 4.39. The van der Waals surface area contributed by atoms with Crippen molar-refractivity contribution in [2.75, 3.05) is 32.7 Å². The molecule has 1 unspecified atom stereocenters. The van der Waals surface area contributed by atoms with Gasteiger partial charge in [-0.2, -0.15) is 0 Å². The number of nitrogens with two attached hydrogens (primary N) is 1. The van der Waals surface area contributed by atoms with Crippen molar-refractivity contribution in [1.82, 2.24) is 19.4 Å². The molecule has 2 aromatic carbocycles. The molecule has 0 aliphatic carbocycles. The van der Waals surface area contributed by atoms with Crippen LogP contribution in [0, 0.1) is 6.92 Å². The van der Waals surface area contributed by atoms with Gasteiger partial charge in [0.1, 0.15) is 5.82 Å². The van der Waals surface area contributed by atoms with E-state index < -0.39 is 0 Å². The van der Waals surface area contributed by atoms with E-state index in [4.69, 9.17) is 5.73 Å². The Morgan fingerprint density at radius 2 is 1.61 bits per heavy atom. The van der Waals surface area contributed by atoms with Crippen molar-refractivity contribution in [1.29, 1.82) is 0 Å². The first kappa shape index (κ1) is 23.7. The normalized spacial score (nSPS) is 16.6. The molecule has 3 aromatic rings. The van der Waals surface area contributed by atoms with Crippen molar-refractivity contribution in [2.45, 2.75) is 32.4 Å². The maximum atomic E-state index is 6.61. The summed E-state index contributed by atoms with van der Waals surface area (Å²) in [5, 5.41) is 0. The number of nitrogens with zero attached hydrogens (tertiary/aromatic N) is 4. The fraction of sp³-hybridized carbons (Fsp3) is 0.400. The largest absolute Gasteiger partial charge is 0.320 e. The molecule has 1 fully saturated rings. The molecule has 1 aliphatic heterocycles. The summed E-state index contributed by atoms with van der Waals surface area (Å²) in [7, 11) is 0. The molecule has 2 N–H and O–H groups in total. The highest BCUT2D eigenvalue weighted by Crippen LogP contribution is 2.29. The number of imidazole rings is 1. The molecular weight excluding hydrogens is 450 g/mol. The van der Waals surface area contributed by atoms with E-state index in [9.17, 15) is 0 Å². The van der Waals surface area contributed by atoms with Crippen LogP contribution < -0.4 is 5.73 Å². The molecule has 0 spiro atoms. The summed E-state index contributed by atoms with van der Waals surface area (Å²) in [4.78, 5) is 9.62. The van der Waals surface area contributed by atoms with Gasteiger partial charge in [0.15, 0.2) is 0 Å². The smallest absolute Gasteiger partial charge is 0.131 e. The molecule has 4 rings (SSSR count). The maximum Gasteiger partial charge on any atom is 0.131 e. The molecule has 2 heterocycles. The van der Waals surface area contributed by atoms with Crippen LogP contribution in [0.3, 0.4) is 0 Å². The molecule has 1 saturated heterocycles. The van der Waals surface area contributed by atoms with E-state index in [1.807, 2.05) is 12.4 Å². The number of benzene rings is 2. The third-order valence-electron chi connectivity index (χ3n) is 6.41. The molecule has 1 atom stereocenters. The van der Waals surface area contributed by atoms with E-state index in [-0.39, 0.29) is 28.6 Å². The van der Waals surface area contributed by atoms with Gasteiger partial charge in [0.05, 0.1) is 6.04 Å². The summed E-state index contributed by atoms with van der Waals surface area (Å²) in [5.74, 6) is 0.922. The second kappa shape index (κ2) is 10.1. The van der Waals surface area contributed by atoms with Gasteiger partial charge in [-0.1, -0.05) is 48.0 Å². The van der Waals surface area contributed by atoms with Gasteiger partial charge < -0.3 is 10.3 Å². The molecule has 31 heavy (non-hydrogen) atoms. The number of aryl methyl sites for hydroxylation is 1. The highest BCUT2D eigenvalue weighted by atomic mass is 79.9. The van der Waals surface area contributed by atoms with Crippen molar-refractivity contribution in [3.05, 3.63) is 83.9 Å². The van der Waals surface area contributed by atoms with Gasteiger partial charge in [0.25, 0.3) is 0 Å². The van der Waals surface area contributed by atoms with Gasteiger partial charge >= 0.3 is 0 Å². The Hall–Kier alpha value is -1.99. The van der Waals surface area contributed by atoms with Crippen LogP contribution in [0.1, 0.15) is 36.8 Å². The van der Waals surface area contributed by atoms with Gasteiger partial charge in [-0.25, -0.2) is 4.98 Å². The molecule has 6 heteroatoms. The maximum absolute atomic E-state index is 6.61. The molecule has 1 aromatic heterocycles. The van der Waals surface area contributed by atoms with E-state index in [0.717, 1.165) is 44.2 Å². The first-order chi connectivity index (χ1) is 14.4. The zero-order valence-electron chi connectivity index (χ0n) is 18.7. The number of aromatic nitrogens is 2. The van der Waals surface area contributed by atoms with Crippen LogP contribution >= 0.6 is 17.0 Å². The summed E-state index contributed by atoms with van der Waals surface area (Å²) in [6.07, 6.45) is 3.84. The second-order valence-corrected chi connectivity index (χ2v) is 8.81. The standard InChI is InChI=1S/C25H33N5.BrH/c1-20-9-11-22(12-10-20)30-14-13-27-24(30)23(26)19-28-15-17-29(18-16-28)25(2,3)21-7-5-4-6-8-21;/h4-14,23H,15-19,26H2,1-3H3;1H. The molecule has 0 radical (unpaired) electrons. The zero-order chi connectivity index (χ0) is 21.1. The lowest BCUT2D eigenvalue weighted by atomic mass is 9.91. The van der Waals surface area contributed by atoms with E-state index in [0.29, 0.717) is 0 Å². The monoisotopic (exact) mass is 483 g/mol. The predicted octanol–water partition coefficient (Wildman–Crippen LogP) is 4.31. The van der Waals surface area contributed by atoms with E-state index in [2.05, 4.69) is 94.7 Å². The van der Waals surface area contributed by atoms with Crippen molar-refractivity contribution in [2.24, 2.45) is 5.73 Å². The van der Waals surface area contributed by atoms with Crippen LogP contribution in [0.15, 0.2) is 67.0 Å². The van der Waals surface area contributed by atoms with Crippen molar-refractivity contribution < 1.29 is 0 Å². The average molecular weight is 484 g/mol. The van der Waals surface area contributed by atoms with E-state index in [1.165, 1.54) is 11.1 Å². The average Bonchev–Trinajstić information content (AvgIpc) is 3.25. The van der Waals surface area contributed by atoms with Gasteiger partial charge in [-0.15, -0.1) is 17.0 Å². The fourth-order valence-corrected chi connectivity index (χ4v) is 4.39. The van der Waals surface area contributed by atoms with Crippen molar-refractivity contribution in [3.63, 3.8) is 0 Å². The number of hydrogen-bond acceptors (Lipinski definition) is 4. The first-order valence-corrected chi connectivity index (χ1v) is 10.8. The Labute approximate surface area is 196 Å². The van der Waals surface area contributed by atoms with Crippen LogP contribution in [0.2, 0.25) is 0 Å². The summed E-state index contributed by atoms with van der Waals surface area (Å²) < 4.78 is 2.11. The third kappa shape index (κ3) is 5.26. The third-order valence-corrected chi connectivity index (χ3v) is 6.41. The highest BCUT2D eigenvalue weighted by molar-refractivity contribution is 8.93. The zero-order valence-corrected chi connectivity index (χ0v) is 20.5. The van der Waals surface area contributed by atoms with Crippen LogP contribution in [0.4, 0.5) is 0 Å². The van der Waals surface area contributed by atoms with Crippen molar-refractivity contribution in [3.8, 4) is 5.69 Å². The lowest BCUT2D eigenvalue weighted by Crippen LogP contribution is -2.54. The highest BCUT2D eigenvalue weighted by Gasteiger charge is 2.31. The van der Waals surface area contributed by atoms with Gasteiger partial charge in [-0.3, -0.25) is 9.80 Å². The molecule has 1 aliphatic rings. The molecule has 166 valence electrons. The van der Waals surface area contributed by atoms with Gasteiger partial charge in [0.2, 0.25) is 0 Å². The Morgan fingerprint density at radius 3 is 2.26 bits per heavy atom. The summed E-state index contributed by atoms with van der Waals surface area (Å²) in [6.45, 7) is 11.7. The van der Waals surface area contributed by atoms with Crippen LogP contribution in [0.5, 0.6) is 0 Å². The number of hydrogen-bond donors (Lipinski definition) is 1. The topological polar surface area (TPSA) is 50.3 Å².